The number of ether oxygens (including phenoxy) is 1. The molecule has 2 aliphatic rings. The highest BCUT2D eigenvalue weighted by atomic mass is 32.2. The summed E-state index contributed by atoms with van der Waals surface area (Å²) < 4.78 is 32.2. The predicted molar refractivity (Wildman–Crippen MR) is 94.9 cm³/mol. The van der Waals surface area contributed by atoms with Crippen LogP contribution in [0, 0.1) is 11.8 Å². The van der Waals surface area contributed by atoms with Gasteiger partial charge in [0.15, 0.2) is 0 Å². The van der Waals surface area contributed by atoms with Crippen LogP contribution in [0.1, 0.15) is 30.6 Å². The highest BCUT2D eigenvalue weighted by Crippen LogP contribution is 2.24. The van der Waals surface area contributed by atoms with Gasteiger partial charge < -0.3 is 9.64 Å². The Kier molecular flexibility index (Phi) is 5.46. The third kappa shape index (κ3) is 4.04. The molecule has 0 aliphatic carbocycles. The van der Waals surface area contributed by atoms with Gasteiger partial charge in [0, 0.05) is 31.7 Å². The topological polar surface area (TPSA) is 66.9 Å². The summed E-state index contributed by atoms with van der Waals surface area (Å²) in [7, 11) is -3.59. The van der Waals surface area contributed by atoms with Crippen LogP contribution in [0.25, 0.3) is 0 Å². The van der Waals surface area contributed by atoms with Gasteiger partial charge in [-0.2, -0.15) is 4.31 Å². The first-order valence-electron chi connectivity index (χ1n) is 8.85. The number of carbonyl (C=O) groups excluding carboxylic acids is 1. The lowest BCUT2D eigenvalue weighted by atomic mass is 9.91. The SMILES string of the molecule is CC1CC(C)CN(C(=O)c2cccc(S(=O)(=O)N3CCOCC3)c2)C1. The lowest BCUT2D eigenvalue weighted by Gasteiger charge is -2.35. The maximum absolute atomic E-state index is 12.8. The van der Waals surface area contributed by atoms with Crippen molar-refractivity contribution in [1.82, 2.24) is 9.21 Å². The molecule has 0 saturated carbocycles. The Hall–Kier alpha value is -1.44. The predicted octanol–water partition coefficient (Wildman–Crippen LogP) is 1.83. The number of rotatable bonds is 3. The number of sulfonamides is 1. The van der Waals surface area contributed by atoms with Crippen molar-refractivity contribution in [3.8, 4) is 0 Å². The number of hydrogen-bond acceptors (Lipinski definition) is 4. The number of amides is 1. The third-order valence-corrected chi connectivity index (χ3v) is 6.74. The Labute approximate surface area is 149 Å². The summed E-state index contributed by atoms with van der Waals surface area (Å²) in [4.78, 5) is 14.9. The maximum Gasteiger partial charge on any atom is 0.253 e. The van der Waals surface area contributed by atoms with Crippen LogP contribution in [0.15, 0.2) is 29.2 Å². The Morgan fingerprint density at radius 2 is 1.76 bits per heavy atom. The number of morpholine rings is 1. The standard InChI is InChI=1S/C18H26N2O4S/c1-14-10-15(2)13-19(12-14)18(21)16-4-3-5-17(11-16)25(22,23)20-6-8-24-9-7-20/h3-5,11,14-15H,6-10,12-13H2,1-2H3. The molecule has 2 atom stereocenters. The van der Waals surface area contributed by atoms with Gasteiger partial charge in [0.25, 0.3) is 5.91 Å². The van der Waals surface area contributed by atoms with Crippen molar-refractivity contribution in [3.63, 3.8) is 0 Å². The van der Waals surface area contributed by atoms with Gasteiger partial charge in [-0.05, 0) is 36.5 Å². The molecule has 1 aromatic carbocycles. The number of benzene rings is 1. The van der Waals surface area contributed by atoms with E-state index in [1.807, 2.05) is 4.90 Å². The minimum atomic E-state index is -3.59. The van der Waals surface area contributed by atoms with Crippen molar-refractivity contribution in [2.75, 3.05) is 39.4 Å². The monoisotopic (exact) mass is 366 g/mol. The first-order chi connectivity index (χ1) is 11.9. The van der Waals surface area contributed by atoms with Crippen molar-refractivity contribution in [2.24, 2.45) is 11.8 Å². The van der Waals surface area contributed by atoms with Crippen LogP contribution in [0.5, 0.6) is 0 Å². The second kappa shape index (κ2) is 7.43. The van der Waals surface area contributed by atoms with E-state index in [0.29, 0.717) is 43.7 Å². The summed E-state index contributed by atoms with van der Waals surface area (Å²) in [6.07, 6.45) is 1.12. The molecule has 3 rings (SSSR count). The molecule has 1 aromatic rings. The molecule has 2 fully saturated rings. The van der Waals surface area contributed by atoms with E-state index in [1.165, 1.54) is 10.4 Å². The van der Waals surface area contributed by atoms with Crippen LogP contribution >= 0.6 is 0 Å². The van der Waals surface area contributed by atoms with Crippen molar-refractivity contribution < 1.29 is 17.9 Å². The number of hydrogen-bond donors (Lipinski definition) is 0. The molecule has 2 heterocycles. The second-order valence-corrected chi connectivity index (χ2v) is 9.14. The zero-order chi connectivity index (χ0) is 18.0. The second-order valence-electron chi connectivity index (χ2n) is 7.20. The Morgan fingerprint density at radius 1 is 1.12 bits per heavy atom. The Bertz CT molecular complexity index is 718. The van der Waals surface area contributed by atoms with E-state index in [2.05, 4.69) is 13.8 Å². The molecule has 138 valence electrons. The average Bonchev–Trinajstić information content (AvgIpc) is 2.61. The normalized spacial score (nSPS) is 25.8. The van der Waals surface area contributed by atoms with Gasteiger partial charge in [-0.15, -0.1) is 0 Å². The maximum atomic E-state index is 12.8. The van der Waals surface area contributed by atoms with Gasteiger partial charge in [-0.3, -0.25) is 4.79 Å². The molecule has 0 spiro atoms. The molecule has 2 saturated heterocycles. The molecule has 6 nitrogen and oxygen atoms in total. The summed E-state index contributed by atoms with van der Waals surface area (Å²) in [5.41, 5.74) is 0.440. The summed E-state index contributed by atoms with van der Waals surface area (Å²) >= 11 is 0. The van der Waals surface area contributed by atoms with E-state index < -0.39 is 10.0 Å². The molecule has 0 bridgehead atoms. The van der Waals surface area contributed by atoms with Gasteiger partial charge >= 0.3 is 0 Å². The fraction of sp³-hybridized carbons (Fsp3) is 0.611. The van der Waals surface area contributed by atoms with Gasteiger partial charge in [0.2, 0.25) is 10.0 Å². The zero-order valence-corrected chi connectivity index (χ0v) is 15.7. The quantitative estimate of drug-likeness (QED) is 0.818. The minimum absolute atomic E-state index is 0.0857. The zero-order valence-electron chi connectivity index (χ0n) is 14.8. The van der Waals surface area contributed by atoms with Crippen LogP contribution in [-0.4, -0.2) is 62.9 Å². The van der Waals surface area contributed by atoms with Crippen LogP contribution in [-0.2, 0) is 14.8 Å². The molecule has 0 N–H and O–H groups in total. The van der Waals surface area contributed by atoms with E-state index in [9.17, 15) is 13.2 Å². The minimum Gasteiger partial charge on any atom is -0.379 e. The fourth-order valence-electron chi connectivity index (χ4n) is 3.74. The van der Waals surface area contributed by atoms with E-state index in [-0.39, 0.29) is 10.8 Å². The highest BCUT2D eigenvalue weighted by molar-refractivity contribution is 7.89. The molecule has 0 aromatic heterocycles. The largest absolute Gasteiger partial charge is 0.379 e. The van der Waals surface area contributed by atoms with Gasteiger partial charge in [0.1, 0.15) is 0 Å². The molecule has 0 radical (unpaired) electrons. The van der Waals surface area contributed by atoms with Crippen molar-refractivity contribution in [1.29, 1.82) is 0 Å². The Balaban J connectivity index is 1.82. The lowest BCUT2D eigenvalue weighted by molar-refractivity contribution is 0.0622. The summed E-state index contributed by atoms with van der Waals surface area (Å²) in [5.74, 6) is 0.846. The number of nitrogens with zero attached hydrogens (tertiary/aromatic N) is 2. The third-order valence-electron chi connectivity index (χ3n) is 4.84. The van der Waals surface area contributed by atoms with Crippen LogP contribution < -0.4 is 0 Å². The number of piperidine rings is 1. The molecule has 7 heteroatoms. The van der Waals surface area contributed by atoms with Crippen LogP contribution in [0.2, 0.25) is 0 Å². The van der Waals surface area contributed by atoms with E-state index in [1.54, 1.807) is 18.2 Å². The summed E-state index contributed by atoms with van der Waals surface area (Å²) in [5, 5.41) is 0. The molecular formula is C18H26N2O4S. The first kappa shape index (κ1) is 18.4. The molecule has 2 unspecified atom stereocenters. The van der Waals surface area contributed by atoms with Crippen LogP contribution in [0.3, 0.4) is 0 Å². The van der Waals surface area contributed by atoms with Crippen molar-refractivity contribution >= 4 is 15.9 Å². The number of likely N-dealkylation sites (tertiary alicyclic amines) is 1. The Morgan fingerprint density at radius 3 is 2.40 bits per heavy atom. The van der Waals surface area contributed by atoms with Gasteiger partial charge in [-0.25, -0.2) is 8.42 Å². The highest BCUT2D eigenvalue weighted by Gasteiger charge is 2.29. The lowest BCUT2D eigenvalue weighted by Crippen LogP contribution is -2.43. The molecule has 1 amide bonds. The van der Waals surface area contributed by atoms with E-state index in [0.717, 1.165) is 19.5 Å². The van der Waals surface area contributed by atoms with Gasteiger partial charge in [0.05, 0.1) is 18.1 Å². The smallest absolute Gasteiger partial charge is 0.253 e. The average molecular weight is 366 g/mol. The molecule has 2 aliphatic heterocycles. The van der Waals surface area contributed by atoms with Crippen molar-refractivity contribution in [2.45, 2.75) is 25.2 Å². The van der Waals surface area contributed by atoms with Crippen molar-refractivity contribution in [3.05, 3.63) is 29.8 Å². The summed E-state index contributed by atoms with van der Waals surface area (Å²) in [6, 6.07) is 6.42. The number of carbonyl (C=O) groups is 1. The van der Waals surface area contributed by atoms with Crippen LogP contribution in [0.4, 0.5) is 0 Å². The molecular weight excluding hydrogens is 340 g/mol. The van der Waals surface area contributed by atoms with E-state index >= 15 is 0 Å². The fourth-order valence-corrected chi connectivity index (χ4v) is 5.19. The first-order valence-corrected chi connectivity index (χ1v) is 10.3. The van der Waals surface area contributed by atoms with Gasteiger partial charge in [-0.1, -0.05) is 19.9 Å². The van der Waals surface area contributed by atoms with E-state index in [4.69, 9.17) is 4.74 Å². The summed E-state index contributed by atoms with van der Waals surface area (Å²) in [6.45, 7) is 7.25. The molecule has 25 heavy (non-hydrogen) atoms.